The number of anilines is 1. The molecule has 1 aliphatic carbocycles. The van der Waals surface area contributed by atoms with Gasteiger partial charge in [-0.15, -0.1) is 11.3 Å². The summed E-state index contributed by atoms with van der Waals surface area (Å²) in [6.07, 6.45) is 3.28. The van der Waals surface area contributed by atoms with Crippen molar-refractivity contribution in [1.29, 1.82) is 0 Å². The summed E-state index contributed by atoms with van der Waals surface area (Å²) in [5.41, 5.74) is 7.74. The van der Waals surface area contributed by atoms with E-state index in [-0.39, 0.29) is 16.6 Å². The minimum Gasteiger partial charge on any atom is -0.465 e. The molecule has 0 spiro atoms. The average Bonchev–Trinajstić information content (AvgIpc) is 2.95. The number of fused-ring (bicyclic) bond motifs is 3. The molecule has 0 amide bonds. The number of nitrogens with zero attached hydrogens (tertiary/aromatic N) is 2. The average molecular weight is 436 g/mol. The summed E-state index contributed by atoms with van der Waals surface area (Å²) in [7, 11) is 0. The highest BCUT2D eigenvalue weighted by molar-refractivity contribution is 8.00. The van der Waals surface area contributed by atoms with Crippen molar-refractivity contribution in [3.05, 3.63) is 10.4 Å². The van der Waals surface area contributed by atoms with Crippen LogP contribution in [0.3, 0.4) is 0 Å². The maximum absolute atomic E-state index is 12.5. The number of nitrogen functional groups attached to an aromatic ring is 1. The molecular weight excluding hydrogens is 402 g/mol. The molecule has 2 aromatic heterocycles. The van der Waals surface area contributed by atoms with Crippen LogP contribution in [0.25, 0.3) is 10.2 Å². The summed E-state index contributed by atoms with van der Waals surface area (Å²) in [6, 6.07) is 0. The summed E-state index contributed by atoms with van der Waals surface area (Å²) < 4.78 is 5.29. The van der Waals surface area contributed by atoms with Crippen molar-refractivity contribution in [2.24, 2.45) is 16.7 Å². The zero-order valence-corrected chi connectivity index (χ0v) is 20.2. The molecule has 0 aliphatic heterocycles. The van der Waals surface area contributed by atoms with Crippen LogP contribution in [-0.2, 0) is 22.4 Å². The molecule has 160 valence electrons. The second-order valence-corrected chi connectivity index (χ2v) is 12.2. The van der Waals surface area contributed by atoms with Gasteiger partial charge in [0.1, 0.15) is 15.9 Å². The number of aryl methyl sites for hydroxylation is 1. The molecule has 2 atom stereocenters. The van der Waals surface area contributed by atoms with Crippen LogP contribution in [-0.4, -0.2) is 27.8 Å². The number of aromatic nitrogens is 2. The van der Waals surface area contributed by atoms with E-state index in [4.69, 9.17) is 15.5 Å². The molecule has 7 heteroatoms. The lowest BCUT2D eigenvalue weighted by Gasteiger charge is -2.33. The molecule has 0 radical (unpaired) electrons. The summed E-state index contributed by atoms with van der Waals surface area (Å²) >= 11 is 3.09. The Balaban J connectivity index is 1.95. The van der Waals surface area contributed by atoms with Crippen molar-refractivity contribution in [2.75, 3.05) is 12.3 Å². The second kappa shape index (κ2) is 8.06. The molecule has 29 heavy (non-hydrogen) atoms. The van der Waals surface area contributed by atoms with Crippen LogP contribution in [0, 0.1) is 16.7 Å². The van der Waals surface area contributed by atoms with Gasteiger partial charge in [0.15, 0.2) is 5.16 Å². The molecule has 0 aromatic carbocycles. The number of ether oxygens (including phenoxy) is 1. The van der Waals surface area contributed by atoms with Crippen LogP contribution < -0.4 is 5.73 Å². The molecule has 2 N–H and O–H groups in total. The van der Waals surface area contributed by atoms with Gasteiger partial charge in [-0.1, -0.05) is 53.3 Å². The summed E-state index contributed by atoms with van der Waals surface area (Å²) in [5, 5.41) is 1.18. The van der Waals surface area contributed by atoms with E-state index in [9.17, 15) is 4.79 Å². The van der Waals surface area contributed by atoms with Crippen LogP contribution in [0.1, 0.15) is 65.3 Å². The Morgan fingerprint density at radius 1 is 1.28 bits per heavy atom. The number of thioether (sulfide) groups is 1. The van der Waals surface area contributed by atoms with Gasteiger partial charge in [-0.3, -0.25) is 4.79 Å². The number of rotatable bonds is 4. The van der Waals surface area contributed by atoms with E-state index >= 15 is 0 Å². The third kappa shape index (κ3) is 4.71. The predicted octanol–water partition coefficient (Wildman–Crippen LogP) is 5.49. The van der Waals surface area contributed by atoms with E-state index in [1.165, 1.54) is 28.6 Å². The number of hydrogen-bond donors (Lipinski definition) is 1. The van der Waals surface area contributed by atoms with Crippen LogP contribution >= 0.6 is 23.1 Å². The topological polar surface area (TPSA) is 78.1 Å². The molecule has 2 aromatic rings. The summed E-state index contributed by atoms with van der Waals surface area (Å²) in [6.45, 7) is 15.2. The lowest BCUT2D eigenvalue weighted by molar-refractivity contribution is -0.144. The minimum atomic E-state index is -0.390. The van der Waals surface area contributed by atoms with E-state index in [2.05, 4.69) is 25.8 Å². The molecule has 0 saturated heterocycles. The number of carbonyl (C=O) groups excluding carboxylic acids is 1. The number of esters is 1. The first kappa shape index (κ1) is 22.3. The Hall–Kier alpha value is -1.34. The van der Waals surface area contributed by atoms with Crippen molar-refractivity contribution in [2.45, 2.75) is 78.1 Å². The van der Waals surface area contributed by atoms with E-state index in [0.717, 1.165) is 23.1 Å². The number of carbonyl (C=O) groups is 1. The van der Waals surface area contributed by atoms with Gasteiger partial charge in [0.2, 0.25) is 0 Å². The van der Waals surface area contributed by atoms with Crippen LogP contribution in [0.15, 0.2) is 5.16 Å². The molecule has 0 saturated carbocycles. The molecular formula is C22H33N3O2S2. The molecule has 1 aliphatic rings. The maximum atomic E-state index is 12.5. The van der Waals surface area contributed by atoms with Crippen LogP contribution in [0.5, 0.6) is 0 Å². The van der Waals surface area contributed by atoms with Crippen molar-refractivity contribution >= 4 is 45.1 Å². The summed E-state index contributed by atoms with van der Waals surface area (Å²) in [4.78, 5) is 24.2. The third-order valence-electron chi connectivity index (χ3n) is 5.65. The monoisotopic (exact) mass is 435 g/mol. The molecule has 2 heterocycles. The first-order chi connectivity index (χ1) is 13.4. The quantitative estimate of drug-likeness (QED) is 0.388. The van der Waals surface area contributed by atoms with E-state index in [1.807, 2.05) is 27.7 Å². The van der Waals surface area contributed by atoms with Crippen molar-refractivity contribution in [1.82, 2.24) is 9.97 Å². The van der Waals surface area contributed by atoms with Gasteiger partial charge < -0.3 is 10.5 Å². The molecule has 0 bridgehead atoms. The SMILES string of the molecule is CCOC(=O)C(Sc1nc(N)c2c3c(sc2n1)CC(C(C)(C)C)CC3)C(C)(C)C. The van der Waals surface area contributed by atoms with Crippen molar-refractivity contribution in [3.63, 3.8) is 0 Å². The predicted molar refractivity (Wildman–Crippen MR) is 123 cm³/mol. The second-order valence-electron chi connectivity index (χ2n) is 10.00. The van der Waals surface area contributed by atoms with Crippen molar-refractivity contribution in [3.8, 4) is 0 Å². The highest BCUT2D eigenvalue weighted by atomic mass is 32.2. The lowest BCUT2D eigenvalue weighted by Crippen LogP contribution is -2.33. The Morgan fingerprint density at radius 2 is 1.97 bits per heavy atom. The number of thiophene rings is 1. The zero-order chi connectivity index (χ0) is 21.6. The standard InChI is InChI=1S/C22H33N3O2S2/c1-8-27-19(26)16(22(5,6)7)29-20-24-17(23)15-13-10-9-12(21(2,3)4)11-14(13)28-18(15)25-20/h12,16H,8-11H2,1-7H3,(H2,23,24,25). The van der Waals surface area contributed by atoms with E-state index in [1.54, 1.807) is 11.3 Å². The van der Waals surface area contributed by atoms with Crippen LogP contribution in [0.2, 0.25) is 0 Å². The zero-order valence-electron chi connectivity index (χ0n) is 18.6. The fraction of sp³-hybridized carbons (Fsp3) is 0.682. The largest absolute Gasteiger partial charge is 0.465 e. The first-order valence-electron chi connectivity index (χ1n) is 10.3. The Labute approximate surface area is 182 Å². The Kier molecular flexibility index (Phi) is 6.21. The highest BCUT2D eigenvalue weighted by Gasteiger charge is 2.35. The van der Waals surface area contributed by atoms with Gasteiger partial charge in [-0.25, -0.2) is 9.97 Å². The summed E-state index contributed by atoms with van der Waals surface area (Å²) in [5.74, 6) is 0.965. The highest BCUT2D eigenvalue weighted by Crippen LogP contribution is 2.45. The van der Waals surface area contributed by atoms with Gasteiger partial charge in [-0.05, 0) is 48.5 Å². The van der Waals surface area contributed by atoms with Crippen LogP contribution in [0.4, 0.5) is 5.82 Å². The van der Waals surface area contributed by atoms with Crippen molar-refractivity contribution < 1.29 is 9.53 Å². The molecule has 0 fully saturated rings. The maximum Gasteiger partial charge on any atom is 0.320 e. The normalized spacial score (nSPS) is 18.5. The number of hydrogen-bond acceptors (Lipinski definition) is 7. The van der Waals surface area contributed by atoms with Gasteiger partial charge in [0.05, 0.1) is 12.0 Å². The third-order valence-corrected chi connectivity index (χ3v) is 8.33. The first-order valence-corrected chi connectivity index (χ1v) is 12.0. The number of nitrogens with two attached hydrogens (primary N) is 1. The smallest absolute Gasteiger partial charge is 0.320 e. The Bertz CT molecular complexity index is 909. The van der Waals surface area contributed by atoms with Gasteiger partial charge in [0.25, 0.3) is 0 Å². The minimum absolute atomic E-state index is 0.231. The van der Waals surface area contributed by atoms with E-state index in [0.29, 0.717) is 28.9 Å². The molecule has 3 rings (SSSR count). The Morgan fingerprint density at radius 3 is 2.55 bits per heavy atom. The molecule has 5 nitrogen and oxygen atoms in total. The molecule has 2 unspecified atom stereocenters. The fourth-order valence-electron chi connectivity index (χ4n) is 3.88. The lowest BCUT2D eigenvalue weighted by atomic mass is 9.72. The van der Waals surface area contributed by atoms with Gasteiger partial charge in [-0.2, -0.15) is 0 Å². The van der Waals surface area contributed by atoms with E-state index < -0.39 is 0 Å². The fourth-order valence-corrected chi connectivity index (χ4v) is 6.27. The van der Waals surface area contributed by atoms with Gasteiger partial charge in [0, 0.05) is 4.88 Å². The van der Waals surface area contributed by atoms with Gasteiger partial charge >= 0.3 is 5.97 Å².